The molecule has 154 valence electrons. The summed E-state index contributed by atoms with van der Waals surface area (Å²) in [4.78, 5) is 31.9. The molecule has 1 aromatic heterocycles. The number of hydrogen-bond acceptors (Lipinski definition) is 5. The number of nitrogens with zero attached hydrogens (tertiary/aromatic N) is 3. The summed E-state index contributed by atoms with van der Waals surface area (Å²) < 4.78 is 5.80. The summed E-state index contributed by atoms with van der Waals surface area (Å²) in [5.41, 5.74) is 1.71. The molecule has 0 aromatic carbocycles. The number of rotatable bonds is 3. The topological polar surface area (TPSA) is 95.0 Å². The van der Waals surface area contributed by atoms with Crippen molar-refractivity contribution in [1.82, 2.24) is 20.1 Å². The van der Waals surface area contributed by atoms with Crippen LogP contribution in [0.1, 0.15) is 37.8 Å². The SMILES string of the molecule is O=C1NC(Cc2ccccn2)C2(CCN(C3=CC4CCC(C3)N4C(=O)O)CC2)O1. The number of amides is 2. The van der Waals surface area contributed by atoms with Crippen LogP contribution in [0.2, 0.25) is 0 Å². The lowest BCUT2D eigenvalue weighted by molar-refractivity contribution is -0.0135. The molecule has 0 saturated carbocycles. The Kier molecular flexibility index (Phi) is 4.37. The molecule has 2 bridgehead atoms. The van der Waals surface area contributed by atoms with Crippen molar-refractivity contribution in [3.8, 4) is 0 Å². The van der Waals surface area contributed by atoms with Crippen molar-refractivity contribution in [3.63, 3.8) is 0 Å². The summed E-state index contributed by atoms with van der Waals surface area (Å²) in [5.74, 6) is 0. The van der Waals surface area contributed by atoms with Crippen LogP contribution < -0.4 is 5.32 Å². The van der Waals surface area contributed by atoms with Crippen LogP contribution in [0.3, 0.4) is 0 Å². The second-order valence-corrected chi connectivity index (χ2v) is 8.51. The third-order valence-corrected chi connectivity index (χ3v) is 6.98. The van der Waals surface area contributed by atoms with Crippen LogP contribution in [0.15, 0.2) is 36.2 Å². The number of piperidine rings is 1. The number of likely N-dealkylation sites (tertiary alicyclic amines) is 1. The fourth-order valence-electron chi connectivity index (χ4n) is 5.49. The molecule has 3 saturated heterocycles. The first-order chi connectivity index (χ1) is 14.0. The van der Waals surface area contributed by atoms with Crippen LogP contribution in [0, 0.1) is 0 Å². The van der Waals surface area contributed by atoms with Crippen LogP contribution in [0.25, 0.3) is 0 Å². The Balaban J connectivity index is 1.28. The monoisotopic (exact) mass is 398 g/mol. The van der Waals surface area contributed by atoms with Gasteiger partial charge in [0.15, 0.2) is 0 Å². The molecule has 0 aliphatic carbocycles. The number of ether oxygens (including phenoxy) is 1. The van der Waals surface area contributed by atoms with Gasteiger partial charge in [-0.1, -0.05) is 6.07 Å². The summed E-state index contributed by atoms with van der Waals surface area (Å²) in [6.07, 6.45) is 7.56. The highest BCUT2D eigenvalue weighted by Crippen LogP contribution is 2.40. The lowest BCUT2D eigenvalue weighted by Crippen LogP contribution is -2.53. The smallest absolute Gasteiger partial charge is 0.408 e. The molecule has 8 heteroatoms. The van der Waals surface area contributed by atoms with Gasteiger partial charge in [0.05, 0.1) is 12.1 Å². The highest BCUT2D eigenvalue weighted by molar-refractivity contribution is 5.71. The van der Waals surface area contributed by atoms with Gasteiger partial charge in [-0.3, -0.25) is 9.88 Å². The second-order valence-electron chi connectivity index (χ2n) is 8.51. The van der Waals surface area contributed by atoms with E-state index in [1.165, 1.54) is 5.70 Å². The summed E-state index contributed by atoms with van der Waals surface area (Å²) in [6, 6.07) is 5.84. The lowest BCUT2D eigenvalue weighted by Gasteiger charge is -2.44. The fourth-order valence-corrected chi connectivity index (χ4v) is 5.49. The highest BCUT2D eigenvalue weighted by atomic mass is 16.6. The van der Waals surface area contributed by atoms with Gasteiger partial charge in [-0.25, -0.2) is 9.59 Å². The zero-order valence-corrected chi connectivity index (χ0v) is 16.3. The van der Waals surface area contributed by atoms with Crippen molar-refractivity contribution in [2.75, 3.05) is 13.1 Å². The third kappa shape index (κ3) is 3.20. The number of aromatic nitrogens is 1. The van der Waals surface area contributed by atoms with Gasteiger partial charge in [0, 0.05) is 62.4 Å². The van der Waals surface area contributed by atoms with Gasteiger partial charge in [0.1, 0.15) is 5.60 Å². The average molecular weight is 398 g/mol. The van der Waals surface area contributed by atoms with Crippen LogP contribution in [-0.4, -0.2) is 68.9 Å². The maximum atomic E-state index is 12.1. The van der Waals surface area contributed by atoms with Gasteiger partial charge in [0.25, 0.3) is 0 Å². The number of alkyl carbamates (subject to hydrolysis) is 1. The average Bonchev–Trinajstić information content (AvgIpc) is 3.16. The number of pyridine rings is 1. The Hall–Kier alpha value is -2.77. The lowest BCUT2D eigenvalue weighted by atomic mass is 9.82. The van der Waals surface area contributed by atoms with Gasteiger partial charge in [-0.2, -0.15) is 0 Å². The maximum absolute atomic E-state index is 12.1. The maximum Gasteiger partial charge on any atom is 0.408 e. The van der Waals surface area contributed by atoms with E-state index < -0.39 is 11.7 Å². The van der Waals surface area contributed by atoms with E-state index >= 15 is 0 Å². The molecule has 0 radical (unpaired) electrons. The van der Waals surface area contributed by atoms with E-state index in [1.807, 2.05) is 18.2 Å². The molecule has 3 atom stereocenters. The number of carbonyl (C=O) groups excluding carboxylic acids is 1. The number of carbonyl (C=O) groups is 2. The van der Waals surface area contributed by atoms with Crippen molar-refractivity contribution < 1.29 is 19.4 Å². The number of nitrogens with one attached hydrogen (secondary N) is 1. The van der Waals surface area contributed by atoms with Crippen LogP contribution >= 0.6 is 0 Å². The number of fused-ring (bicyclic) bond motifs is 2. The third-order valence-electron chi connectivity index (χ3n) is 6.98. The van der Waals surface area contributed by atoms with E-state index in [1.54, 1.807) is 11.1 Å². The summed E-state index contributed by atoms with van der Waals surface area (Å²) in [7, 11) is 0. The molecule has 3 fully saturated rings. The Morgan fingerprint density at radius 1 is 1.31 bits per heavy atom. The highest BCUT2D eigenvalue weighted by Gasteiger charge is 2.51. The molecule has 8 nitrogen and oxygen atoms in total. The zero-order chi connectivity index (χ0) is 20.0. The van der Waals surface area contributed by atoms with Crippen LogP contribution in [-0.2, 0) is 11.2 Å². The molecule has 3 unspecified atom stereocenters. The van der Waals surface area contributed by atoms with E-state index in [-0.39, 0.29) is 24.2 Å². The molecule has 29 heavy (non-hydrogen) atoms. The van der Waals surface area contributed by atoms with Gasteiger partial charge in [0.2, 0.25) is 0 Å². The standard InChI is InChI=1S/C21H26N4O4/c26-19-23-18(11-14-3-1-2-8-22-14)21(29-19)6-9-24(10-7-21)17-12-15-4-5-16(13-17)25(15)20(27)28/h1-3,8,12,15-16,18H,4-7,9-11,13H2,(H,23,26)(H,27,28). The molecule has 5 rings (SSSR count). The molecule has 2 N–H and O–H groups in total. The predicted molar refractivity (Wildman–Crippen MR) is 104 cm³/mol. The number of hydrogen-bond donors (Lipinski definition) is 2. The molecule has 1 aromatic rings. The van der Waals surface area contributed by atoms with Gasteiger partial charge in [-0.05, 0) is 31.1 Å². The zero-order valence-electron chi connectivity index (χ0n) is 16.3. The minimum absolute atomic E-state index is 0.0000141. The van der Waals surface area contributed by atoms with Crippen molar-refractivity contribution in [3.05, 3.63) is 41.9 Å². The fraction of sp³-hybridized carbons (Fsp3) is 0.571. The minimum Gasteiger partial charge on any atom is -0.465 e. The Morgan fingerprint density at radius 2 is 2.14 bits per heavy atom. The Labute approximate surface area is 169 Å². The van der Waals surface area contributed by atoms with E-state index in [0.717, 1.165) is 50.9 Å². The quantitative estimate of drug-likeness (QED) is 0.812. The van der Waals surface area contributed by atoms with Crippen molar-refractivity contribution in [2.24, 2.45) is 0 Å². The normalized spacial score (nSPS) is 30.1. The summed E-state index contributed by atoms with van der Waals surface area (Å²) in [6.45, 7) is 1.62. The predicted octanol–water partition coefficient (Wildman–Crippen LogP) is 2.37. The Bertz CT molecular complexity index is 834. The first-order valence-corrected chi connectivity index (χ1v) is 10.4. The van der Waals surface area contributed by atoms with Gasteiger partial charge >= 0.3 is 12.2 Å². The van der Waals surface area contributed by atoms with Gasteiger partial charge in [-0.15, -0.1) is 0 Å². The van der Waals surface area contributed by atoms with Gasteiger partial charge < -0.3 is 20.1 Å². The van der Waals surface area contributed by atoms with E-state index in [4.69, 9.17) is 4.74 Å². The van der Waals surface area contributed by atoms with E-state index in [2.05, 4.69) is 21.3 Å². The molecular weight excluding hydrogens is 372 g/mol. The largest absolute Gasteiger partial charge is 0.465 e. The Morgan fingerprint density at radius 3 is 2.83 bits per heavy atom. The molecule has 5 heterocycles. The number of carboxylic acid groups (broad SMARTS) is 1. The molecule has 2 amide bonds. The molecule has 1 spiro atoms. The van der Waals surface area contributed by atoms with Crippen molar-refractivity contribution in [1.29, 1.82) is 0 Å². The summed E-state index contributed by atoms with van der Waals surface area (Å²) >= 11 is 0. The van der Waals surface area contributed by atoms with E-state index in [9.17, 15) is 14.7 Å². The van der Waals surface area contributed by atoms with Crippen LogP contribution in [0.5, 0.6) is 0 Å². The van der Waals surface area contributed by atoms with Crippen molar-refractivity contribution >= 4 is 12.2 Å². The second kappa shape index (κ2) is 6.93. The molecule has 4 aliphatic rings. The van der Waals surface area contributed by atoms with Crippen LogP contribution in [0.4, 0.5) is 9.59 Å². The summed E-state index contributed by atoms with van der Waals surface area (Å²) in [5, 5.41) is 12.4. The first kappa shape index (κ1) is 18.3. The van der Waals surface area contributed by atoms with Crippen molar-refractivity contribution in [2.45, 2.75) is 62.3 Å². The first-order valence-electron chi connectivity index (χ1n) is 10.4. The van der Waals surface area contributed by atoms with E-state index in [0.29, 0.717) is 6.42 Å². The minimum atomic E-state index is -0.813. The molecular formula is C21H26N4O4. The molecule has 4 aliphatic heterocycles.